The van der Waals surface area contributed by atoms with Gasteiger partial charge in [0.1, 0.15) is 0 Å². The maximum atomic E-state index is 11.4. The Hall–Kier alpha value is -2.29. The molecule has 0 aromatic carbocycles. The van der Waals surface area contributed by atoms with Gasteiger partial charge < -0.3 is 10.7 Å². The summed E-state index contributed by atoms with van der Waals surface area (Å²) in [5.41, 5.74) is 4.06. The molecule has 0 saturated carbocycles. The lowest BCUT2D eigenvalue weighted by Gasteiger charge is -1.96. The number of aromatic nitrogens is 2. The van der Waals surface area contributed by atoms with E-state index < -0.39 is 11.2 Å². The second-order valence-electron chi connectivity index (χ2n) is 2.49. The van der Waals surface area contributed by atoms with Crippen molar-refractivity contribution in [3.8, 4) is 6.19 Å². The van der Waals surface area contributed by atoms with Crippen molar-refractivity contribution in [3.63, 3.8) is 0 Å². The molecule has 3 N–H and O–H groups in total. The smallest absolute Gasteiger partial charge is 0.341 e. The molecular weight excluding hydrogens is 184 g/mol. The van der Waals surface area contributed by atoms with Gasteiger partial charge in [0.05, 0.1) is 0 Å². The standard InChI is InChI=1S/C8H8N4O2/c9-3-1-2-6-4-11-8(14)12(5-10)7(6)13/h1,3-4H,2,9H2,(H,11,14). The Morgan fingerprint density at radius 2 is 2.36 bits per heavy atom. The number of allylic oxidation sites excluding steroid dienone is 1. The summed E-state index contributed by atoms with van der Waals surface area (Å²) in [5.74, 6) is 0. The van der Waals surface area contributed by atoms with E-state index in [-0.39, 0.29) is 6.42 Å². The number of aromatic amines is 1. The molecule has 0 saturated heterocycles. The van der Waals surface area contributed by atoms with Gasteiger partial charge in [0, 0.05) is 11.8 Å². The number of nitriles is 1. The van der Waals surface area contributed by atoms with Crippen molar-refractivity contribution in [2.24, 2.45) is 5.73 Å². The molecule has 1 rings (SSSR count). The molecule has 0 bridgehead atoms. The fraction of sp³-hybridized carbons (Fsp3) is 0.125. The first-order valence-corrected chi connectivity index (χ1v) is 3.81. The van der Waals surface area contributed by atoms with Crippen LogP contribution in [0.25, 0.3) is 0 Å². The average molecular weight is 192 g/mol. The van der Waals surface area contributed by atoms with Crippen molar-refractivity contribution >= 4 is 0 Å². The Kier molecular flexibility index (Phi) is 2.86. The van der Waals surface area contributed by atoms with E-state index in [2.05, 4.69) is 4.98 Å². The molecule has 0 spiro atoms. The van der Waals surface area contributed by atoms with Gasteiger partial charge in [-0.2, -0.15) is 9.83 Å². The highest BCUT2D eigenvalue weighted by Crippen LogP contribution is 1.88. The number of hydrogen-bond donors (Lipinski definition) is 2. The van der Waals surface area contributed by atoms with Gasteiger partial charge in [-0.15, -0.1) is 0 Å². The SMILES string of the molecule is N#Cn1c(=O)[nH]cc(CC=CN)c1=O. The largest absolute Gasteiger partial charge is 0.405 e. The summed E-state index contributed by atoms with van der Waals surface area (Å²) in [6.45, 7) is 0. The summed E-state index contributed by atoms with van der Waals surface area (Å²) >= 11 is 0. The van der Waals surface area contributed by atoms with E-state index in [9.17, 15) is 9.59 Å². The van der Waals surface area contributed by atoms with E-state index in [1.807, 2.05) is 0 Å². The Balaban J connectivity index is 3.31. The highest BCUT2D eigenvalue weighted by atomic mass is 16.2. The van der Waals surface area contributed by atoms with E-state index in [0.717, 1.165) is 0 Å². The fourth-order valence-electron chi connectivity index (χ4n) is 0.943. The number of nitrogens with two attached hydrogens (primary N) is 1. The van der Waals surface area contributed by atoms with Crippen LogP contribution in [0.2, 0.25) is 0 Å². The molecule has 0 atom stereocenters. The van der Waals surface area contributed by atoms with Crippen molar-refractivity contribution < 1.29 is 0 Å². The predicted molar refractivity (Wildman–Crippen MR) is 49.4 cm³/mol. The number of hydrogen-bond acceptors (Lipinski definition) is 4. The Labute approximate surface area is 78.9 Å². The minimum atomic E-state index is -0.738. The summed E-state index contributed by atoms with van der Waals surface area (Å²) in [7, 11) is 0. The van der Waals surface area contributed by atoms with Gasteiger partial charge in [-0.25, -0.2) is 4.79 Å². The van der Waals surface area contributed by atoms with Gasteiger partial charge in [-0.05, 0) is 12.6 Å². The van der Waals surface area contributed by atoms with Crippen LogP contribution in [-0.2, 0) is 6.42 Å². The molecular formula is C8H8N4O2. The summed E-state index contributed by atoms with van der Waals surface area (Å²) in [4.78, 5) is 24.6. The third-order valence-electron chi connectivity index (χ3n) is 1.62. The molecule has 1 aromatic heterocycles. The fourth-order valence-corrected chi connectivity index (χ4v) is 0.943. The van der Waals surface area contributed by atoms with Gasteiger partial charge in [0.15, 0.2) is 6.19 Å². The van der Waals surface area contributed by atoms with Crippen LogP contribution in [0.4, 0.5) is 0 Å². The van der Waals surface area contributed by atoms with Gasteiger partial charge in [0.25, 0.3) is 5.56 Å². The van der Waals surface area contributed by atoms with E-state index in [0.29, 0.717) is 10.1 Å². The molecule has 0 unspecified atom stereocenters. The van der Waals surface area contributed by atoms with Crippen LogP contribution in [0.5, 0.6) is 0 Å². The second kappa shape index (κ2) is 4.09. The van der Waals surface area contributed by atoms with E-state index in [1.165, 1.54) is 18.6 Å². The van der Waals surface area contributed by atoms with E-state index in [4.69, 9.17) is 11.0 Å². The molecule has 6 heteroatoms. The lowest BCUT2D eigenvalue weighted by Crippen LogP contribution is -2.34. The van der Waals surface area contributed by atoms with Crippen molar-refractivity contribution in [3.05, 3.63) is 44.9 Å². The predicted octanol–water partition coefficient (Wildman–Crippen LogP) is -1.12. The van der Waals surface area contributed by atoms with Crippen LogP contribution in [0.1, 0.15) is 5.56 Å². The molecule has 6 nitrogen and oxygen atoms in total. The lowest BCUT2D eigenvalue weighted by molar-refractivity contribution is 0.863. The minimum Gasteiger partial charge on any atom is -0.405 e. The molecule has 0 aliphatic rings. The summed E-state index contributed by atoms with van der Waals surface area (Å²) in [6.07, 6.45) is 5.89. The molecule has 0 radical (unpaired) electrons. The third kappa shape index (κ3) is 1.72. The molecule has 0 fully saturated rings. The molecule has 14 heavy (non-hydrogen) atoms. The topological polar surface area (TPSA) is 105 Å². The maximum Gasteiger partial charge on any atom is 0.341 e. The third-order valence-corrected chi connectivity index (χ3v) is 1.62. The first-order valence-electron chi connectivity index (χ1n) is 3.81. The molecule has 1 aromatic rings. The Morgan fingerprint density at radius 1 is 1.64 bits per heavy atom. The zero-order valence-corrected chi connectivity index (χ0v) is 7.23. The van der Waals surface area contributed by atoms with Crippen LogP contribution in [0.15, 0.2) is 28.1 Å². The van der Waals surface area contributed by atoms with Crippen molar-refractivity contribution in [2.45, 2.75) is 6.42 Å². The quantitative estimate of drug-likeness (QED) is 0.619. The summed E-state index contributed by atoms with van der Waals surface area (Å²) < 4.78 is 0.458. The van der Waals surface area contributed by atoms with Crippen molar-refractivity contribution in [2.75, 3.05) is 0 Å². The monoisotopic (exact) mass is 192 g/mol. The highest BCUT2D eigenvalue weighted by molar-refractivity contribution is 5.11. The maximum absolute atomic E-state index is 11.4. The van der Waals surface area contributed by atoms with E-state index >= 15 is 0 Å². The van der Waals surface area contributed by atoms with Crippen molar-refractivity contribution in [1.82, 2.24) is 9.55 Å². The van der Waals surface area contributed by atoms with Crippen LogP contribution >= 0.6 is 0 Å². The van der Waals surface area contributed by atoms with Gasteiger partial charge in [0.2, 0.25) is 0 Å². The molecule has 0 aliphatic carbocycles. The molecule has 0 aliphatic heterocycles. The normalized spacial score (nSPS) is 10.2. The number of H-pyrrole nitrogens is 1. The van der Waals surface area contributed by atoms with Crippen molar-refractivity contribution in [1.29, 1.82) is 5.26 Å². The molecule has 0 amide bonds. The number of nitrogens with zero attached hydrogens (tertiary/aromatic N) is 2. The highest BCUT2D eigenvalue weighted by Gasteiger charge is 2.04. The first-order chi connectivity index (χ1) is 6.70. The average Bonchev–Trinajstić information content (AvgIpc) is 2.18. The first kappa shape index (κ1) is 9.80. The van der Waals surface area contributed by atoms with Gasteiger partial charge >= 0.3 is 5.69 Å². The lowest BCUT2D eigenvalue weighted by atomic mass is 10.2. The van der Waals surface area contributed by atoms with Crippen LogP contribution in [0.3, 0.4) is 0 Å². The van der Waals surface area contributed by atoms with E-state index in [1.54, 1.807) is 6.08 Å². The minimum absolute atomic E-state index is 0.286. The number of rotatable bonds is 2. The van der Waals surface area contributed by atoms with Crippen LogP contribution < -0.4 is 17.0 Å². The zero-order chi connectivity index (χ0) is 10.6. The van der Waals surface area contributed by atoms with Gasteiger partial charge in [-0.1, -0.05) is 6.08 Å². The van der Waals surface area contributed by atoms with Gasteiger partial charge in [-0.3, -0.25) is 4.79 Å². The second-order valence-corrected chi connectivity index (χ2v) is 2.49. The number of nitrogens with one attached hydrogen (secondary N) is 1. The Morgan fingerprint density at radius 3 is 2.93 bits per heavy atom. The summed E-state index contributed by atoms with van der Waals surface area (Å²) in [5, 5.41) is 8.50. The molecule has 1 heterocycles. The Bertz CT molecular complexity index is 503. The van der Waals surface area contributed by atoms with Crippen LogP contribution in [-0.4, -0.2) is 9.55 Å². The molecule has 72 valence electrons. The summed E-state index contributed by atoms with van der Waals surface area (Å²) in [6, 6.07) is 0. The zero-order valence-electron chi connectivity index (χ0n) is 7.23. The van der Waals surface area contributed by atoms with Crippen LogP contribution in [0, 0.1) is 11.5 Å².